The van der Waals surface area contributed by atoms with E-state index in [-0.39, 0.29) is 35.4 Å². The van der Waals surface area contributed by atoms with Crippen LogP contribution in [-0.4, -0.2) is 57.2 Å². The monoisotopic (exact) mass is 512 g/mol. The summed E-state index contributed by atoms with van der Waals surface area (Å²) in [6.45, 7) is 17.2. The van der Waals surface area contributed by atoms with Crippen molar-refractivity contribution >= 4 is 17.1 Å². The second kappa shape index (κ2) is 10.3. The number of ether oxygens (including phenoxy) is 1. The Morgan fingerprint density at radius 1 is 1.06 bits per heavy atom. The zero-order chi connectivity index (χ0) is 25.4. The fourth-order valence-electron chi connectivity index (χ4n) is 5.23. The van der Waals surface area contributed by atoms with E-state index in [2.05, 4.69) is 60.4 Å². The number of aromatic amines is 1. The van der Waals surface area contributed by atoms with Gasteiger partial charge in [-0.3, -0.25) is 14.3 Å². The summed E-state index contributed by atoms with van der Waals surface area (Å²) < 4.78 is 28.7. The van der Waals surface area contributed by atoms with Crippen molar-refractivity contribution in [2.24, 2.45) is 0 Å². The minimum Gasteiger partial charge on any atom is -0.414 e. The Morgan fingerprint density at radius 2 is 1.65 bits per heavy atom. The molecule has 2 aliphatic rings. The van der Waals surface area contributed by atoms with Gasteiger partial charge in [0.2, 0.25) is 0 Å². The quantitative estimate of drug-likeness (QED) is 0.444. The Bertz CT molecular complexity index is 986. The highest BCUT2D eigenvalue weighted by Gasteiger charge is 2.60. The van der Waals surface area contributed by atoms with Gasteiger partial charge in [0, 0.05) is 17.8 Å². The molecule has 2 fully saturated rings. The van der Waals surface area contributed by atoms with Crippen LogP contribution in [0.5, 0.6) is 0 Å². The molecule has 3 heterocycles. The van der Waals surface area contributed by atoms with E-state index in [0.717, 1.165) is 0 Å². The van der Waals surface area contributed by atoms with Crippen molar-refractivity contribution in [3.63, 3.8) is 0 Å². The highest BCUT2D eigenvalue weighted by atomic mass is 28.5. The molecular formula is C23H40N2O7Si2. The molecule has 34 heavy (non-hydrogen) atoms. The van der Waals surface area contributed by atoms with E-state index < -0.39 is 46.8 Å². The van der Waals surface area contributed by atoms with Crippen molar-refractivity contribution in [3.05, 3.63) is 44.8 Å². The average molecular weight is 513 g/mol. The molecule has 192 valence electrons. The summed E-state index contributed by atoms with van der Waals surface area (Å²) in [6, 6.07) is 1.28. The van der Waals surface area contributed by atoms with Crippen molar-refractivity contribution in [1.82, 2.24) is 9.55 Å². The molecule has 2 saturated heterocycles. The van der Waals surface area contributed by atoms with Crippen molar-refractivity contribution in [2.45, 2.75) is 96.0 Å². The highest BCUT2D eigenvalue weighted by Crippen LogP contribution is 2.49. The summed E-state index contributed by atoms with van der Waals surface area (Å²) in [6.07, 6.45) is 1.18. The van der Waals surface area contributed by atoms with E-state index in [0.29, 0.717) is 5.57 Å². The van der Waals surface area contributed by atoms with Gasteiger partial charge in [0.1, 0.15) is 12.2 Å². The second-order valence-corrected chi connectivity index (χ2v) is 19.3. The predicted octanol–water partition coefficient (Wildman–Crippen LogP) is 3.31. The zero-order valence-electron chi connectivity index (χ0n) is 21.5. The smallest absolute Gasteiger partial charge is 0.335 e. The molecule has 0 saturated carbocycles. The van der Waals surface area contributed by atoms with Crippen LogP contribution in [0.2, 0.25) is 22.2 Å². The minimum absolute atomic E-state index is 0.129. The van der Waals surface area contributed by atoms with Crippen LogP contribution >= 0.6 is 0 Å². The molecule has 11 heteroatoms. The lowest BCUT2D eigenvalue weighted by Crippen LogP contribution is -2.65. The molecule has 0 bridgehead atoms. The normalized spacial score (nSPS) is 28.0. The van der Waals surface area contributed by atoms with E-state index in [1.54, 1.807) is 6.08 Å². The van der Waals surface area contributed by atoms with Gasteiger partial charge in [0.25, 0.3) is 5.56 Å². The number of nitrogens with zero attached hydrogens (tertiary/aromatic N) is 1. The van der Waals surface area contributed by atoms with Crippen LogP contribution in [0.1, 0.15) is 61.6 Å². The van der Waals surface area contributed by atoms with Gasteiger partial charge in [-0.15, -0.1) is 0 Å². The molecule has 1 aromatic rings. The average Bonchev–Trinajstić information content (AvgIpc) is 3.04. The summed E-state index contributed by atoms with van der Waals surface area (Å²) in [5.74, 6) is 0. The van der Waals surface area contributed by atoms with Gasteiger partial charge in [-0.2, -0.15) is 0 Å². The molecule has 0 aromatic carbocycles. The molecule has 9 nitrogen and oxygen atoms in total. The lowest BCUT2D eigenvalue weighted by molar-refractivity contribution is -0.0561. The topological polar surface area (TPSA) is 112 Å². The number of H-pyrrole nitrogens is 1. The molecule has 2 N–H and O–H groups in total. The second-order valence-electron chi connectivity index (χ2n) is 10.4. The number of hydrogen-bond donors (Lipinski definition) is 2. The summed E-state index contributed by atoms with van der Waals surface area (Å²) in [5, 5.41) is 9.82. The first-order valence-electron chi connectivity index (χ1n) is 12.2. The maximum absolute atomic E-state index is 12.6. The lowest BCUT2D eigenvalue weighted by Gasteiger charge is -2.51. The van der Waals surface area contributed by atoms with Gasteiger partial charge in [-0.1, -0.05) is 61.5 Å². The summed E-state index contributed by atoms with van der Waals surface area (Å²) in [4.78, 5) is 26.5. The maximum Gasteiger partial charge on any atom is 0.335 e. The standard InChI is InChI=1S/C23H40N2O7Si2/c1-14(2)33(15(3)4)29-13-19-21(31-34(32-33,16(5)6)17(7)8)18(10-12-26)22(30-19)25-11-9-20(27)24-23(25)28/h9-11,14-17,19,21-22,26H,12-13H2,1-8H3,(H,24,27,28)/t19-,21+,22-/m1/s1. The van der Waals surface area contributed by atoms with Crippen molar-refractivity contribution < 1.29 is 22.8 Å². The highest BCUT2D eigenvalue weighted by molar-refractivity contribution is 6.84. The molecule has 0 spiro atoms. The third kappa shape index (κ3) is 4.71. The van der Waals surface area contributed by atoms with Crippen LogP contribution < -0.4 is 11.2 Å². The Hall–Kier alpha value is -1.35. The van der Waals surface area contributed by atoms with Crippen molar-refractivity contribution in [3.8, 4) is 0 Å². The molecule has 1 aromatic heterocycles. The number of fused-ring (bicyclic) bond motifs is 1. The first-order valence-corrected chi connectivity index (χ1v) is 16.1. The molecule has 2 aliphatic heterocycles. The number of hydrogen-bond acceptors (Lipinski definition) is 7. The maximum atomic E-state index is 12.6. The number of rotatable bonds is 6. The zero-order valence-corrected chi connectivity index (χ0v) is 23.5. The van der Waals surface area contributed by atoms with Gasteiger partial charge in [0.15, 0.2) is 6.23 Å². The summed E-state index contributed by atoms with van der Waals surface area (Å²) in [5.41, 5.74) is 0.218. The molecule has 0 unspecified atom stereocenters. The molecule has 3 atom stereocenters. The predicted molar refractivity (Wildman–Crippen MR) is 134 cm³/mol. The van der Waals surface area contributed by atoms with E-state index >= 15 is 0 Å². The number of nitrogens with one attached hydrogen (secondary N) is 1. The van der Waals surface area contributed by atoms with Gasteiger partial charge in [0.05, 0.1) is 13.2 Å². The largest absolute Gasteiger partial charge is 0.414 e. The van der Waals surface area contributed by atoms with Crippen LogP contribution in [0, 0.1) is 0 Å². The van der Waals surface area contributed by atoms with Crippen LogP contribution in [-0.2, 0) is 17.7 Å². The fourth-order valence-corrected chi connectivity index (χ4v) is 16.4. The lowest BCUT2D eigenvalue weighted by atomic mass is 10.1. The van der Waals surface area contributed by atoms with E-state index in [4.69, 9.17) is 17.7 Å². The molecule has 0 radical (unpaired) electrons. The van der Waals surface area contributed by atoms with E-state index in [1.807, 2.05) is 0 Å². The SMILES string of the molecule is CC(C)[Si]1(C(C)C)OC[C@H]2O[C@@H](n3ccc(=O)[nH]c3=O)C(=CCO)[C@@H]2O[Si](C(C)C)(C(C)C)O1. The fraction of sp³-hybridized carbons (Fsp3) is 0.739. The first kappa shape index (κ1) is 27.2. The Labute approximate surface area is 203 Å². The Morgan fingerprint density at radius 3 is 2.15 bits per heavy atom. The third-order valence-corrected chi connectivity index (χ3v) is 17.2. The van der Waals surface area contributed by atoms with Crippen LogP contribution in [0.3, 0.4) is 0 Å². The molecule has 0 amide bonds. The Balaban J connectivity index is 2.17. The van der Waals surface area contributed by atoms with Crippen LogP contribution in [0.4, 0.5) is 0 Å². The number of aliphatic hydroxyl groups excluding tert-OH is 1. The van der Waals surface area contributed by atoms with E-state index in [9.17, 15) is 14.7 Å². The Kier molecular flexibility index (Phi) is 8.28. The van der Waals surface area contributed by atoms with Gasteiger partial charge in [-0.25, -0.2) is 4.79 Å². The van der Waals surface area contributed by atoms with E-state index in [1.165, 1.54) is 16.8 Å². The first-order chi connectivity index (χ1) is 15.9. The van der Waals surface area contributed by atoms with Gasteiger partial charge in [-0.05, 0) is 22.2 Å². The minimum atomic E-state index is -2.90. The van der Waals surface area contributed by atoms with Crippen LogP contribution in [0.25, 0.3) is 0 Å². The third-order valence-electron chi connectivity index (χ3n) is 7.01. The molecule has 3 rings (SSSR count). The van der Waals surface area contributed by atoms with Crippen molar-refractivity contribution in [1.29, 1.82) is 0 Å². The number of aromatic nitrogens is 2. The summed E-state index contributed by atoms with van der Waals surface area (Å²) >= 11 is 0. The van der Waals surface area contributed by atoms with Crippen LogP contribution in [0.15, 0.2) is 33.5 Å². The van der Waals surface area contributed by atoms with Gasteiger partial charge < -0.3 is 22.8 Å². The summed E-state index contributed by atoms with van der Waals surface area (Å²) in [7, 11) is -5.63. The number of aliphatic hydroxyl groups is 1. The molecule has 0 aliphatic carbocycles. The van der Waals surface area contributed by atoms with Crippen molar-refractivity contribution in [2.75, 3.05) is 13.2 Å². The van der Waals surface area contributed by atoms with Gasteiger partial charge >= 0.3 is 22.8 Å². The molecular weight excluding hydrogens is 472 g/mol.